The summed E-state index contributed by atoms with van der Waals surface area (Å²) in [6.07, 6.45) is 4.91. The van der Waals surface area contributed by atoms with Gasteiger partial charge in [-0.1, -0.05) is 23.7 Å². The van der Waals surface area contributed by atoms with Crippen LogP contribution in [0.2, 0.25) is 5.02 Å². The fourth-order valence-electron chi connectivity index (χ4n) is 2.40. The van der Waals surface area contributed by atoms with E-state index in [1.807, 2.05) is 6.07 Å². The molecule has 0 aliphatic heterocycles. The average molecular weight is 366 g/mol. The molecule has 0 atom stereocenters. The Kier molecular flexibility index (Phi) is 5.14. The molecule has 3 aromatic rings. The summed E-state index contributed by atoms with van der Waals surface area (Å²) in [6, 6.07) is 8.24. The summed E-state index contributed by atoms with van der Waals surface area (Å²) in [7, 11) is 1.50. The van der Waals surface area contributed by atoms with E-state index in [2.05, 4.69) is 14.8 Å². The summed E-state index contributed by atoms with van der Waals surface area (Å²) in [5.74, 6) is 0.454. The number of methoxy groups -OCH3 is 1. The maximum Gasteiger partial charge on any atom is 0.387 e. The van der Waals surface area contributed by atoms with E-state index in [1.54, 1.807) is 35.4 Å². The van der Waals surface area contributed by atoms with Crippen molar-refractivity contribution in [3.63, 3.8) is 0 Å². The zero-order valence-corrected chi connectivity index (χ0v) is 14.0. The average Bonchev–Trinajstić information content (AvgIpc) is 2.99. The van der Waals surface area contributed by atoms with E-state index in [-0.39, 0.29) is 5.75 Å². The smallest absolute Gasteiger partial charge is 0.387 e. The van der Waals surface area contributed by atoms with Gasteiger partial charge in [0.1, 0.15) is 5.75 Å². The zero-order chi connectivity index (χ0) is 17.8. The molecular formula is C17H14ClF2N3O2. The predicted molar refractivity (Wildman–Crippen MR) is 89.2 cm³/mol. The second kappa shape index (κ2) is 7.48. The van der Waals surface area contributed by atoms with Crippen molar-refractivity contribution in [1.82, 2.24) is 14.8 Å². The first-order valence-electron chi connectivity index (χ1n) is 7.31. The number of halogens is 3. The van der Waals surface area contributed by atoms with Gasteiger partial charge in [0.05, 0.1) is 24.9 Å². The molecule has 130 valence electrons. The summed E-state index contributed by atoms with van der Waals surface area (Å²) < 4.78 is 36.3. The van der Waals surface area contributed by atoms with Gasteiger partial charge in [0.15, 0.2) is 0 Å². The van der Waals surface area contributed by atoms with Crippen LogP contribution in [0, 0.1) is 0 Å². The highest BCUT2D eigenvalue weighted by Gasteiger charge is 2.12. The molecule has 8 heteroatoms. The molecule has 0 bridgehead atoms. The third kappa shape index (κ3) is 4.24. The summed E-state index contributed by atoms with van der Waals surface area (Å²) in [4.78, 5) is 4.28. The lowest BCUT2D eigenvalue weighted by molar-refractivity contribution is -0.0498. The van der Waals surface area contributed by atoms with Gasteiger partial charge in [-0.05, 0) is 29.3 Å². The van der Waals surface area contributed by atoms with Gasteiger partial charge in [-0.15, -0.1) is 0 Å². The third-order valence-electron chi connectivity index (χ3n) is 3.42. The first-order chi connectivity index (χ1) is 12.0. The number of nitrogens with zero attached hydrogens (tertiary/aromatic N) is 3. The minimum absolute atomic E-state index is 0.0683. The van der Waals surface area contributed by atoms with Gasteiger partial charge in [-0.2, -0.15) is 13.9 Å². The molecule has 0 unspecified atom stereocenters. The molecular weight excluding hydrogens is 352 g/mol. The van der Waals surface area contributed by atoms with Gasteiger partial charge < -0.3 is 9.47 Å². The lowest BCUT2D eigenvalue weighted by Gasteiger charge is -2.12. The van der Waals surface area contributed by atoms with Gasteiger partial charge in [-0.25, -0.2) is 4.98 Å². The molecule has 0 amide bonds. The minimum Gasteiger partial charge on any atom is -0.481 e. The number of alkyl halides is 2. The third-order valence-corrected chi connectivity index (χ3v) is 3.61. The predicted octanol–water partition coefficient (Wildman–Crippen LogP) is 4.26. The van der Waals surface area contributed by atoms with Crippen LogP contribution in [-0.4, -0.2) is 28.5 Å². The van der Waals surface area contributed by atoms with E-state index in [9.17, 15) is 8.78 Å². The number of rotatable bonds is 6. The van der Waals surface area contributed by atoms with E-state index in [4.69, 9.17) is 16.3 Å². The highest BCUT2D eigenvalue weighted by molar-refractivity contribution is 6.30. The lowest BCUT2D eigenvalue weighted by Crippen LogP contribution is -2.03. The Morgan fingerprint density at radius 2 is 2.08 bits per heavy atom. The van der Waals surface area contributed by atoms with Gasteiger partial charge in [0.2, 0.25) is 5.88 Å². The molecule has 0 fully saturated rings. The number of hydrogen-bond acceptors (Lipinski definition) is 4. The van der Waals surface area contributed by atoms with E-state index in [0.29, 0.717) is 28.6 Å². The van der Waals surface area contributed by atoms with Crippen molar-refractivity contribution >= 4 is 11.6 Å². The van der Waals surface area contributed by atoms with Crippen LogP contribution in [-0.2, 0) is 6.54 Å². The van der Waals surface area contributed by atoms with Crippen LogP contribution in [0.1, 0.15) is 5.56 Å². The molecule has 0 spiro atoms. The Bertz CT molecular complexity index is 871. The van der Waals surface area contributed by atoms with Gasteiger partial charge in [0.25, 0.3) is 0 Å². The molecule has 0 saturated carbocycles. The normalized spacial score (nSPS) is 10.9. The van der Waals surface area contributed by atoms with Crippen molar-refractivity contribution < 1.29 is 18.3 Å². The van der Waals surface area contributed by atoms with Crippen LogP contribution in [0.3, 0.4) is 0 Å². The first kappa shape index (κ1) is 17.2. The maximum atomic E-state index is 12.4. The van der Waals surface area contributed by atoms with E-state index < -0.39 is 6.61 Å². The topological polar surface area (TPSA) is 49.2 Å². The van der Waals surface area contributed by atoms with Crippen LogP contribution in [0.25, 0.3) is 11.1 Å². The number of pyridine rings is 1. The van der Waals surface area contributed by atoms with E-state index >= 15 is 0 Å². The Morgan fingerprint density at radius 1 is 1.24 bits per heavy atom. The molecule has 3 rings (SSSR count). The van der Waals surface area contributed by atoms with Crippen molar-refractivity contribution in [3.05, 3.63) is 59.5 Å². The highest BCUT2D eigenvalue weighted by atomic mass is 35.5. The Hall–Kier alpha value is -2.67. The number of ether oxygens (including phenoxy) is 2. The molecule has 0 radical (unpaired) electrons. The molecule has 0 aliphatic carbocycles. The van der Waals surface area contributed by atoms with Crippen LogP contribution in [0.5, 0.6) is 11.6 Å². The van der Waals surface area contributed by atoms with Crippen LogP contribution < -0.4 is 9.47 Å². The second-order valence-corrected chi connectivity index (χ2v) is 5.60. The zero-order valence-electron chi connectivity index (χ0n) is 13.2. The molecule has 0 N–H and O–H groups in total. The van der Waals surface area contributed by atoms with Crippen molar-refractivity contribution in [3.8, 4) is 22.8 Å². The SMILES string of the molecule is COc1ncc(Cn2cc(Cl)cn2)cc1-c1cccc(OC(F)F)c1. The molecule has 0 saturated heterocycles. The van der Waals surface area contributed by atoms with Crippen LogP contribution in [0.4, 0.5) is 8.78 Å². The quantitative estimate of drug-likeness (QED) is 0.655. The van der Waals surface area contributed by atoms with Gasteiger partial charge >= 0.3 is 6.61 Å². The standard InChI is InChI=1S/C17H14ClF2N3O2/c1-24-16-15(12-3-2-4-14(6-12)25-17(19)20)5-11(7-21-16)9-23-10-13(18)8-22-23/h2-8,10,17H,9H2,1H3. The fourth-order valence-corrected chi connectivity index (χ4v) is 2.56. The number of hydrogen-bond donors (Lipinski definition) is 0. The number of aromatic nitrogens is 3. The molecule has 2 heterocycles. The number of benzene rings is 1. The highest BCUT2D eigenvalue weighted by Crippen LogP contribution is 2.31. The van der Waals surface area contributed by atoms with Crippen LogP contribution in [0.15, 0.2) is 48.9 Å². The summed E-state index contributed by atoms with van der Waals surface area (Å²) >= 11 is 5.87. The van der Waals surface area contributed by atoms with E-state index in [0.717, 1.165) is 5.56 Å². The molecule has 1 aromatic carbocycles. The van der Waals surface area contributed by atoms with Crippen molar-refractivity contribution in [2.24, 2.45) is 0 Å². The molecule has 25 heavy (non-hydrogen) atoms. The monoisotopic (exact) mass is 365 g/mol. The van der Waals surface area contributed by atoms with Gasteiger partial charge in [-0.3, -0.25) is 4.68 Å². The molecule has 2 aromatic heterocycles. The Labute approximate surface area is 147 Å². The summed E-state index contributed by atoms with van der Waals surface area (Å²) in [5.41, 5.74) is 2.18. The van der Waals surface area contributed by atoms with Crippen molar-refractivity contribution in [1.29, 1.82) is 0 Å². The Balaban J connectivity index is 1.95. The minimum atomic E-state index is -2.88. The van der Waals surface area contributed by atoms with Crippen molar-refractivity contribution in [2.45, 2.75) is 13.2 Å². The first-order valence-corrected chi connectivity index (χ1v) is 7.69. The van der Waals surface area contributed by atoms with Crippen LogP contribution >= 0.6 is 11.6 Å². The lowest BCUT2D eigenvalue weighted by atomic mass is 10.0. The summed E-state index contributed by atoms with van der Waals surface area (Å²) in [5, 5.41) is 4.67. The Morgan fingerprint density at radius 3 is 2.76 bits per heavy atom. The largest absolute Gasteiger partial charge is 0.481 e. The van der Waals surface area contributed by atoms with Crippen molar-refractivity contribution in [2.75, 3.05) is 7.11 Å². The van der Waals surface area contributed by atoms with E-state index in [1.165, 1.54) is 19.2 Å². The second-order valence-electron chi connectivity index (χ2n) is 5.16. The summed E-state index contributed by atoms with van der Waals surface area (Å²) in [6.45, 7) is -2.42. The maximum absolute atomic E-state index is 12.4. The fraction of sp³-hybridized carbons (Fsp3) is 0.176. The van der Waals surface area contributed by atoms with Gasteiger partial charge in [0, 0.05) is 18.0 Å². The molecule has 0 aliphatic rings. The molecule has 5 nitrogen and oxygen atoms in total.